The Morgan fingerprint density at radius 1 is 1.15 bits per heavy atom. The molecule has 0 saturated heterocycles. The first-order chi connectivity index (χ1) is 9.53. The molecule has 0 fully saturated rings. The van der Waals surface area contributed by atoms with Crippen molar-refractivity contribution < 1.29 is 12.8 Å². The number of hydrogen-bond acceptors (Lipinski definition) is 6. The summed E-state index contributed by atoms with van der Waals surface area (Å²) >= 11 is 0. The van der Waals surface area contributed by atoms with E-state index in [0.29, 0.717) is 18.9 Å². The molecule has 7 nitrogen and oxygen atoms in total. The maximum absolute atomic E-state index is 10.9. The molecule has 108 valence electrons. The van der Waals surface area contributed by atoms with E-state index >= 15 is 0 Å². The van der Waals surface area contributed by atoms with Crippen LogP contribution in [-0.4, -0.2) is 38.0 Å². The Balaban J connectivity index is 1.81. The SMILES string of the molecule is CS(=O)(=O)NCCNc1nnc(Cc2ccccc2)o1. The predicted octanol–water partition coefficient (Wildman–Crippen LogP) is 0.621. The van der Waals surface area contributed by atoms with Gasteiger partial charge in [0.1, 0.15) is 0 Å². The average molecular weight is 296 g/mol. The van der Waals surface area contributed by atoms with Crippen LogP contribution >= 0.6 is 0 Å². The highest BCUT2D eigenvalue weighted by Gasteiger charge is 2.06. The minimum Gasteiger partial charge on any atom is -0.408 e. The van der Waals surface area contributed by atoms with Crippen molar-refractivity contribution in [1.29, 1.82) is 0 Å². The van der Waals surface area contributed by atoms with Gasteiger partial charge < -0.3 is 9.73 Å². The lowest BCUT2D eigenvalue weighted by Crippen LogP contribution is -2.27. The van der Waals surface area contributed by atoms with Crippen molar-refractivity contribution in [2.45, 2.75) is 6.42 Å². The van der Waals surface area contributed by atoms with Gasteiger partial charge >= 0.3 is 6.01 Å². The molecule has 2 rings (SSSR count). The van der Waals surface area contributed by atoms with Gasteiger partial charge in [0.2, 0.25) is 15.9 Å². The Bertz CT molecular complexity index is 640. The largest absolute Gasteiger partial charge is 0.408 e. The van der Waals surface area contributed by atoms with E-state index in [-0.39, 0.29) is 12.6 Å². The molecule has 0 atom stereocenters. The number of sulfonamides is 1. The summed E-state index contributed by atoms with van der Waals surface area (Å²) in [5.41, 5.74) is 1.08. The van der Waals surface area contributed by atoms with E-state index in [2.05, 4.69) is 20.2 Å². The van der Waals surface area contributed by atoms with E-state index < -0.39 is 10.0 Å². The molecule has 20 heavy (non-hydrogen) atoms. The van der Waals surface area contributed by atoms with Crippen molar-refractivity contribution in [3.63, 3.8) is 0 Å². The van der Waals surface area contributed by atoms with Crippen LogP contribution in [0.3, 0.4) is 0 Å². The molecule has 2 N–H and O–H groups in total. The Labute approximate surface area is 117 Å². The third-order valence-corrected chi connectivity index (χ3v) is 3.16. The van der Waals surface area contributed by atoms with Crippen LogP contribution in [0.2, 0.25) is 0 Å². The Morgan fingerprint density at radius 3 is 2.60 bits per heavy atom. The summed E-state index contributed by atoms with van der Waals surface area (Å²) in [6.07, 6.45) is 1.68. The molecule has 1 heterocycles. The zero-order chi connectivity index (χ0) is 14.4. The van der Waals surface area contributed by atoms with E-state index in [1.165, 1.54) is 0 Å². The number of nitrogens with one attached hydrogen (secondary N) is 2. The Kier molecular flexibility index (Phi) is 4.70. The minimum absolute atomic E-state index is 0.259. The first-order valence-electron chi connectivity index (χ1n) is 6.08. The van der Waals surface area contributed by atoms with Crippen molar-refractivity contribution in [3.8, 4) is 0 Å². The minimum atomic E-state index is -3.17. The van der Waals surface area contributed by atoms with E-state index in [4.69, 9.17) is 4.42 Å². The zero-order valence-electron chi connectivity index (χ0n) is 11.0. The third kappa shape index (κ3) is 4.98. The molecule has 0 unspecified atom stereocenters. The number of hydrogen-bond donors (Lipinski definition) is 2. The Hall–Kier alpha value is -1.93. The summed E-state index contributed by atoms with van der Waals surface area (Å²) in [4.78, 5) is 0. The topological polar surface area (TPSA) is 97.1 Å². The monoisotopic (exact) mass is 296 g/mol. The van der Waals surface area contributed by atoms with Gasteiger partial charge in [0.15, 0.2) is 0 Å². The molecule has 0 aliphatic heterocycles. The third-order valence-electron chi connectivity index (χ3n) is 2.43. The maximum Gasteiger partial charge on any atom is 0.315 e. The van der Waals surface area contributed by atoms with Crippen molar-refractivity contribution in [1.82, 2.24) is 14.9 Å². The summed E-state index contributed by atoms with van der Waals surface area (Å²) in [6, 6.07) is 10.1. The molecule has 0 radical (unpaired) electrons. The van der Waals surface area contributed by atoms with Gasteiger partial charge in [-0.25, -0.2) is 13.1 Å². The second kappa shape index (κ2) is 6.49. The van der Waals surface area contributed by atoms with Crippen molar-refractivity contribution in [3.05, 3.63) is 41.8 Å². The first kappa shape index (κ1) is 14.5. The summed E-state index contributed by atoms with van der Waals surface area (Å²) in [6.45, 7) is 0.634. The molecular formula is C12H16N4O3S. The van der Waals surface area contributed by atoms with Gasteiger partial charge in [0, 0.05) is 13.1 Å². The highest BCUT2D eigenvalue weighted by atomic mass is 32.2. The van der Waals surface area contributed by atoms with Gasteiger partial charge in [-0.15, -0.1) is 5.10 Å². The lowest BCUT2D eigenvalue weighted by atomic mass is 10.2. The highest BCUT2D eigenvalue weighted by molar-refractivity contribution is 7.88. The molecule has 0 aliphatic carbocycles. The van der Waals surface area contributed by atoms with Crippen molar-refractivity contribution in [2.24, 2.45) is 0 Å². The first-order valence-corrected chi connectivity index (χ1v) is 7.97. The Morgan fingerprint density at radius 2 is 1.90 bits per heavy atom. The normalized spacial score (nSPS) is 11.4. The molecule has 2 aromatic rings. The number of aromatic nitrogens is 2. The van der Waals surface area contributed by atoms with Crippen LogP contribution in [0.5, 0.6) is 0 Å². The van der Waals surface area contributed by atoms with Crippen LogP contribution in [0.15, 0.2) is 34.7 Å². The summed E-state index contributed by atoms with van der Waals surface area (Å²) < 4.78 is 29.5. The van der Waals surface area contributed by atoms with Gasteiger partial charge in [0.25, 0.3) is 0 Å². The summed E-state index contributed by atoms with van der Waals surface area (Å²) in [5, 5.41) is 10.6. The second-order valence-corrected chi connectivity index (χ2v) is 6.09. The predicted molar refractivity (Wildman–Crippen MR) is 74.9 cm³/mol. The molecule has 8 heteroatoms. The van der Waals surface area contributed by atoms with Crippen LogP contribution in [0.4, 0.5) is 6.01 Å². The van der Waals surface area contributed by atoms with Crippen LogP contribution in [0, 0.1) is 0 Å². The fourth-order valence-electron chi connectivity index (χ4n) is 1.57. The molecule has 1 aromatic carbocycles. The molecule has 1 aromatic heterocycles. The maximum atomic E-state index is 10.9. The number of rotatable bonds is 7. The van der Waals surface area contributed by atoms with Gasteiger partial charge in [-0.05, 0) is 5.56 Å². The molecular weight excluding hydrogens is 280 g/mol. The van der Waals surface area contributed by atoms with Crippen molar-refractivity contribution >= 4 is 16.0 Å². The zero-order valence-corrected chi connectivity index (χ0v) is 11.9. The number of nitrogens with zero attached hydrogens (tertiary/aromatic N) is 2. The quantitative estimate of drug-likeness (QED) is 0.727. The summed E-state index contributed by atoms with van der Waals surface area (Å²) in [5.74, 6) is 0.509. The molecule has 0 saturated carbocycles. The fourth-order valence-corrected chi connectivity index (χ4v) is 2.05. The van der Waals surface area contributed by atoms with E-state index in [1.807, 2.05) is 30.3 Å². The van der Waals surface area contributed by atoms with Crippen LogP contribution in [-0.2, 0) is 16.4 Å². The van der Waals surface area contributed by atoms with Crippen LogP contribution in [0.1, 0.15) is 11.5 Å². The van der Waals surface area contributed by atoms with Gasteiger partial charge in [0.05, 0.1) is 12.7 Å². The van der Waals surface area contributed by atoms with E-state index in [1.54, 1.807) is 0 Å². The van der Waals surface area contributed by atoms with Gasteiger partial charge in [-0.1, -0.05) is 35.4 Å². The lowest BCUT2D eigenvalue weighted by molar-refractivity contribution is 0.516. The molecule has 0 aliphatic rings. The smallest absolute Gasteiger partial charge is 0.315 e. The fraction of sp³-hybridized carbons (Fsp3) is 0.333. The summed E-state index contributed by atoms with van der Waals surface area (Å²) in [7, 11) is -3.17. The van der Waals surface area contributed by atoms with E-state index in [9.17, 15) is 8.42 Å². The van der Waals surface area contributed by atoms with Crippen LogP contribution < -0.4 is 10.0 Å². The lowest BCUT2D eigenvalue weighted by Gasteiger charge is -2.01. The van der Waals surface area contributed by atoms with Crippen molar-refractivity contribution in [2.75, 3.05) is 24.7 Å². The number of anilines is 1. The second-order valence-electron chi connectivity index (χ2n) is 4.26. The van der Waals surface area contributed by atoms with E-state index in [0.717, 1.165) is 11.8 Å². The van der Waals surface area contributed by atoms with Crippen LogP contribution in [0.25, 0.3) is 0 Å². The van der Waals surface area contributed by atoms with Gasteiger partial charge in [-0.2, -0.15) is 0 Å². The molecule has 0 spiro atoms. The number of benzene rings is 1. The van der Waals surface area contributed by atoms with Gasteiger partial charge in [-0.3, -0.25) is 0 Å². The standard InChI is InChI=1S/C12H16N4O3S/c1-20(17,18)14-8-7-13-12-16-15-11(19-12)9-10-5-3-2-4-6-10/h2-6,14H,7-9H2,1H3,(H,13,16). The average Bonchev–Trinajstić information content (AvgIpc) is 2.82. The molecule has 0 amide bonds. The molecule has 0 bridgehead atoms. The highest BCUT2D eigenvalue weighted by Crippen LogP contribution is 2.10.